The SMILES string of the molecule is CC(C)(C)NC(=O)OC(C[N+](=O)[O-])c1cccc(Cl)c1Cl. The summed E-state index contributed by atoms with van der Waals surface area (Å²) in [6.07, 6.45) is -1.88. The Balaban J connectivity index is 2.98. The minimum absolute atomic E-state index is 0.134. The fraction of sp³-hybridized carbons (Fsp3) is 0.462. The molecule has 0 fully saturated rings. The van der Waals surface area contributed by atoms with Gasteiger partial charge in [0.05, 0.1) is 10.0 Å². The van der Waals surface area contributed by atoms with Crippen LogP contribution in [0.25, 0.3) is 0 Å². The highest BCUT2D eigenvalue weighted by molar-refractivity contribution is 6.42. The molecule has 1 rings (SSSR count). The van der Waals surface area contributed by atoms with Crippen molar-refractivity contribution in [3.8, 4) is 0 Å². The van der Waals surface area contributed by atoms with Gasteiger partial charge in [0.2, 0.25) is 6.54 Å². The summed E-state index contributed by atoms with van der Waals surface area (Å²) in [6, 6.07) is 4.67. The Labute approximate surface area is 132 Å². The summed E-state index contributed by atoms with van der Waals surface area (Å²) in [4.78, 5) is 22.0. The number of ether oxygens (including phenoxy) is 1. The highest BCUT2D eigenvalue weighted by atomic mass is 35.5. The fourth-order valence-electron chi connectivity index (χ4n) is 1.57. The summed E-state index contributed by atoms with van der Waals surface area (Å²) >= 11 is 11.9. The molecule has 1 atom stereocenters. The molecule has 1 N–H and O–H groups in total. The monoisotopic (exact) mass is 334 g/mol. The number of carbonyl (C=O) groups excluding carboxylic acids is 1. The Morgan fingerprint density at radius 3 is 2.57 bits per heavy atom. The fourth-order valence-corrected chi connectivity index (χ4v) is 2.00. The second kappa shape index (κ2) is 6.95. The van der Waals surface area contributed by atoms with Crippen LogP contribution in [0.5, 0.6) is 0 Å². The van der Waals surface area contributed by atoms with Gasteiger partial charge in [0.25, 0.3) is 0 Å². The van der Waals surface area contributed by atoms with Gasteiger partial charge >= 0.3 is 6.09 Å². The van der Waals surface area contributed by atoms with Crippen molar-refractivity contribution in [1.82, 2.24) is 5.32 Å². The van der Waals surface area contributed by atoms with Crippen molar-refractivity contribution in [3.63, 3.8) is 0 Å². The standard InChI is InChI=1S/C13H16Cl2N2O4/c1-13(2,3)16-12(18)21-10(7-17(19)20)8-5-4-6-9(14)11(8)15/h4-6,10H,7H2,1-3H3,(H,16,18). The molecule has 0 saturated heterocycles. The molecular weight excluding hydrogens is 319 g/mol. The van der Waals surface area contributed by atoms with Crippen LogP contribution in [-0.4, -0.2) is 23.1 Å². The van der Waals surface area contributed by atoms with E-state index in [0.29, 0.717) is 5.56 Å². The van der Waals surface area contributed by atoms with Gasteiger partial charge in [-0.3, -0.25) is 10.1 Å². The molecule has 0 saturated carbocycles. The predicted octanol–water partition coefficient (Wildman–Crippen LogP) is 3.84. The van der Waals surface area contributed by atoms with Crippen LogP contribution in [0.2, 0.25) is 10.0 Å². The molecule has 116 valence electrons. The zero-order valence-corrected chi connectivity index (χ0v) is 13.4. The van der Waals surface area contributed by atoms with Crippen molar-refractivity contribution < 1.29 is 14.5 Å². The van der Waals surface area contributed by atoms with Gasteiger partial charge in [0.15, 0.2) is 6.10 Å². The summed E-state index contributed by atoms with van der Waals surface area (Å²) in [5.41, 5.74) is -0.223. The van der Waals surface area contributed by atoms with Crippen LogP contribution in [0, 0.1) is 10.1 Å². The summed E-state index contributed by atoms with van der Waals surface area (Å²) in [6.45, 7) is 4.70. The first-order valence-electron chi connectivity index (χ1n) is 6.14. The van der Waals surface area contributed by atoms with Crippen LogP contribution < -0.4 is 5.32 Å². The summed E-state index contributed by atoms with van der Waals surface area (Å²) in [5.74, 6) is 0. The normalized spacial score (nSPS) is 12.6. The number of amides is 1. The van der Waals surface area contributed by atoms with Gasteiger partial charge in [-0.1, -0.05) is 35.3 Å². The number of hydrogen-bond donors (Lipinski definition) is 1. The third kappa shape index (κ3) is 5.77. The zero-order chi connectivity index (χ0) is 16.2. The van der Waals surface area contributed by atoms with Crippen molar-refractivity contribution in [3.05, 3.63) is 43.9 Å². The highest BCUT2D eigenvalue weighted by Crippen LogP contribution is 2.31. The van der Waals surface area contributed by atoms with E-state index in [1.54, 1.807) is 32.9 Å². The number of nitro groups is 1. The van der Waals surface area contributed by atoms with E-state index in [0.717, 1.165) is 0 Å². The number of benzene rings is 1. The third-order valence-corrected chi connectivity index (χ3v) is 3.20. The molecule has 0 bridgehead atoms. The van der Waals surface area contributed by atoms with Crippen molar-refractivity contribution in [1.29, 1.82) is 0 Å². The van der Waals surface area contributed by atoms with E-state index in [2.05, 4.69) is 5.32 Å². The first-order valence-corrected chi connectivity index (χ1v) is 6.90. The smallest absolute Gasteiger partial charge is 0.408 e. The van der Waals surface area contributed by atoms with Crippen LogP contribution in [0.1, 0.15) is 32.4 Å². The molecule has 1 aromatic carbocycles. The van der Waals surface area contributed by atoms with Gasteiger partial charge in [-0.2, -0.15) is 0 Å². The number of alkyl carbamates (subject to hydrolysis) is 1. The molecule has 0 aliphatic carbocycles. The molecule has 0 aliphatic heterocycles. The number of carbonyl (C=O) groups is 1. The molecular formula is C13H16Cl2N2O4. The van der Waals surface area contributed by atoms with E-state index >= 15 is 0 Å². The topological polar surface area (TPSA) is 81.5 Å². The van der Waals surface area contributed by atoms with E-state index in [9.17, 15) is 14.9 Å². The van der Waals surface area contributed by atoms with Crippen molar-refractivity contribution in [2.24, 2.45) is 0 Å². The molecule has 1 unspecified atom stereocenters. The number of nitrogens with one attached hydrogen (secondary N) is 1. The lowest BCUT2D eigenvalue weighted by atomic mass is 10.1. The number of nitrogens with zero attached hydrogens (tertiary/aromatic N) is 1. The number of halogens is 2. The lowest BCUT2D eigenvalue weighted by molar-refractivity contribution is -0.491. The first-order chi connectivity index (χ1) is 9.60. The lowest BCUT2D eigenvalue weighted by Gasteiger charge is -2.22. The molecule has 21 heavy (non-hydrogen) atoms. The Morgan fingerprint density at radius 2 is 2.05 bits per heavy atom. The molecule has 1 amide bonds. The number of hydrogen-bond acceptors (Lipinski definition) is 4. The van der Waals surface area contributed by atoms with E-state index in [1.165, 1.54) is 6.07 Å². The van der Waals surface area contributed by atoms with E-state index in [4.69, 9.17) is 27.9 Å². The maximum absolute atomic E-state index is 11.8. The number of rotatable bonds is 4. The third-order valence-electron chi connectivity index (χ3n) is 2.37. The van der Waals surface area contributed by atoms with Gasteiger partial charge in [0.1, 0.15) is 0 Å². The Bertz CT molecular complexity index is 543. The van der Waals surface area contributed by atoms with Gasteiger partial charge in [-0.15, -0.1) is 0 Å². The Hall–Kier alpha value is -1.53. The highest BCUT2D eigenvalue weighted by Gasteiger charge is 2.27. The summed E-state index contributed by atoms with van der Waals surface area (Å²) < 4.78 is 5.12. The molecule has 0 radical (unpaired) electrons. The van der Waals surface area contributed by atoms with Gasteiger partial charge in [-0.25, -0.2) is 4.79 Å². The van der Waals surface area contributed by atoms with Crippen molar-refractivity contribution in [2.45, 2.75) is 32.4 Å². The Morgan fingerprint density at radius 1 is 1.43 bits per heavy atom. The second-order valence-corrected chi connectivity index (χ2v) is 6.21. The van der Waals surface area contributed by atoms with E-state index < -0.39 is 29.2 Å². The quantitative estimate of drug-likeness (QED) is 0.669. The molecule has 6 nitrogen and oxygen atoms in total. The van der Waals surface area contributed by atoms with Gasteiger partial charge in [-0.05, 0) is 26.8 Å². The maximum Gasteiger partial charge on any atom is 0.408 e. The van der Waals surface area contributed by atoms with Crippen molar-refractivity contribution in [2.75, 3.05) is 6.54 Å². The van der Waals surface area contributed by atoms with Crippen LogP contribution in [0.4, 0.5) is 4.79 Å². The average Bonchev–Trinajstić information content (AvgIpc) is 2.28. The minimum Gasteiger partial charge on any atom is -0.434 e. The van der Waals surface area contributed by atoms with Gasteiger partial charge in [0, 0.05) is 16.0 Å². The van der Waals surface area contributed by atoms with Crippen LogP contribution in [-0.2, 0) is 4.74 Å². The van der Waals surface area contributed by atoms with Crippen LogP contribution in [0.15, 0.2) is 18.2 Å². The maximum atomic E-state index is 11.8. The molecule has 0 heterocycles. The van der Waals surface area contributed by atoms with Gasteiger partial charge < -0.3 is 10.1 Å². The summed E-state index contributed by atoms with van der Waals surface area (Å²) in [5, 5.41) is 13.7. The molecule has 8 heteroatoms. The average molecular weight is 335 g/mol. The molecule has 1 aromatic rings. The molecule has 0 aliphatic rings. The Kier molecular flexibility index (Phi) is 5.80. The predicted molar refractivity (Wildman–Crippen MR) is 80.4 cm³/mol. The minimum atomic E-state index is -1.12. The zero-order valence-electron chi connectivity index (χ0n) is 11.9. The largest absolute Gasteiger partial charge is 0.434 e. The lowest BCUT2D eigenvalue weighted by Crippen LogP contribution is -2.41. The second-order valence-electron chi connectivity index (χ2n) is 5.43. The first kappa shape index (κ1) is 17.5. The molecule has 0 aromatic heterocycles. The van der Waals surface area contributed by atoms with Crippen molar-refractivity contribution >= 4 is 29.3 Å². The van der Waals surface area contributed by atoms with Crippen LogP contribution in [0.3, 0.4) is 0 Å². The molecule has 0 spiro atoms. The van der Waals surface area contributed by atoms with E-state index in [1.807, 2.05) is 0 Å². The summed E-state index contributed by atoms with van der Waals surface area (Å²) in [7, 11) is 0. The van der Waals surface area contributed by atoms with Crippen LogP contribution >= 0.6 is 23.2 Å². The van der Waals surface area contributed by atoms with E-state index in [-0.39, 0.29) is 10.0 Å².